The van der Waals surface area contributed by atoms with Crippen LogP contribution in [0.25, 0.3) is 0 Å². The number of hydrogen-bond acceptors (Lipinski definition) is 3. The van der Waals surface area contributed by atoms with E-state index in [0.29, 0.717) is 19.3 Å². The second kappa shape index (κ2) is 78.2. The van der Waals surface area contributed by atoms with Crippen LogP contribution < -0.4 is 0 Å². The number of rotatable bonds is 63. The maximum absolute atomic E-state index is 10.4. The molecule has 0 fully saturated rings. The molecule has 0 saturated heterocycles. The van der Waals surface area contributed by atoms with Crippen molar-refractivity contribution < 1.29 is 29.7 Å². The van der Waals surface area contributed by atoms with E-state index in [9.17, 15) is 14.4 Å². The van der Waals surface area contributed by atoms with Crippen molar-refractivity contribution in [3.05, 3.63) is 0 Å². The van der Waals surface area contributed by atoms with Crippen LogP contribution in [0.1, 0.15) is 425 Å². The molecule has 0 aromatic heterocycles. The van der Waals surface area contributed by atoms with Crippen LogP contribution in [0, 0.1) is 0 Å². The molecule has 3 radical (unpaired) electrons. The summed E-state index contributed by atoms with van der Waals surface area (Å²) in [5.74, 6) is -1.95. The number of hydrogen-bond donors (Lipinski definition) is 3. The first-order valence-electron chi connectivity index (χ1n) is 34.5. The van der Waals surface area contributed by atoms with Crippen LogP contribution in [-0.4, -0.2) is 50.6 Å². The molecule has 6 nitrogen and oxygen atoms in total. The fourth-order valence-corrected chi connectivity index (χ4v) is 10.6. The van der Waals surface area contributed by atoms with Crippen molar-refractivity contribution >= 4 is 35.3 Å². The normalized spacial score (nSPS) is 10.9. The molecule has 76 heavy (non-hydrogen) atoms. The van der Waals surface area contributed by atoms with Crippen LogP contribution in [-0.2, 0) is 14.4 Å². The van der Waals surface area contributed by atoms with Gasteiger partial charge in [-0.3, -0.25) is 14.4 Å². The van der Waals surface area contributed by atoms with E-state index in [2.05, 4.69) is 20.8 Å². The number of unbranched alkanes of at least 4 members (excludes halogenated alkanes) is 57. The molecule has 0 atom stereocenters. The van der Waals surface area contributed by atoms with Crippen molar-refractivity contribution in [1.29, 1.82) is 0 Å². The Kier molecular flexibility index (Phi) is 83.7. The second-order valence-corrected chi connectivity index (χ2v) is 23.6. The highest BCUT2D eigenvalue weighted by Gasteiger charge is 2.01. The molecule has 0 bridgehead atoms. The Balaban J connectivity index is -0.000000508. The molecule has 453 valence electrons. The van der Waals surface area contributed by atoms with E-state index < -0.39 is 17.9 Å². The van der Waals surface area contributed by atoms with Crippen molar-refractivity contribution in [3.8, 4) is 0 Å². The van der Waals surface area contributed by atoms with Crippen LogP contribution in [0.2, 0.25) is 0 Å². The fourth-order valence-electron chi connectivity index (χ4n) is 10.6. The van der Waals surface area contributed by atoms with Gasteiger partial charge in [0.2, 0.25) is 0 Å². The average molecular weight is 1090 g/mol. The van der Waals surface area contributed by atoms with E-state index in [1.807, 2.05) is 0 Å². The lowest BCUT2D eigenvalue weighted by molar-refractivity contribution is -0.138. The zero-order valence-electron chi connectivity index (χ0n) is 52.2. The molecule has 7 heteroatoms. The zero-order chi connectivity index (χ0) is 55.3. The summed E-state index contributed by atoms with van der Waals surface area (Å²) < 4.78 is 0. The molecule has 3 N–H and O–H groups in total. The summed E-state index contributed by atoms with van der Waals surface area (Å²) in [6, 6.07) is 0. The third-order valence-corrected chi connectivity index (χ3v) is 15.7. The summed E-state index contributed by atoms with van der Waals surface area (Å²) in [6.45, 7) is 6.86. The molecule has 0 amide bonds. The highest BCUT2D eigenvalue weighted by Crippen LogP contribution is 2.19. The Morgan fingerprint density at radius 2 is 0.250 bits per heavy atom. The highest BCUT2D eigenvalue weighted by molar-refractivity contribution is 5.75. The van der Waals surface area contributed by atoms with E-state index in [-0.39, 0.29) is 17.4 Å². The molecule has 0 aliphatic heterocycles. The maximum atomic E-state index is 10.4. The van der Waals surface area contributed by atoms with Gasteiger partial charge < -0.3 is 15.3 Å². The first-order chi connectivity index (χ1) is 36.8. The number of carboxylic acids is 3. The van der Waals surface area contributed by atoms with Crippen molar-refractivity contribution in [2.75, 3.05) is 0 Å². The number of aliphatic carboxylic acids is 3. The summed E-state index contributed by atoms with van der Waals surface area (Å²) >= 11 is 0. The van der Waals surface area contributed by atoms with Gasteiger partial charge in [-0.25, -0.2) is 0 Å². The lowest BCUT2D eigenvalue weighted by Gasteiger charge is -2.04. The van der Waals surface area contributed by atoms with E-state index >= 15 is 0 Å². The minimum Gasteiger partial charge on any atom is -0.481 e. The molecule has 0 aliphatic carbocycles. The first-order valence-corrected chi connectivity index (χ1v) is 34.5. The summed E-state index contributed by atoms with van der Waals surface area (Å²) in [7, 11) is 0. The molecular weight excluding hydrogens is 952 g/mol. The van der Waals surface area contributed by atoms with Gasteiger partial charge in [-0.1, -0.05) is 387 Å². The summed E-state index contributed by atoms with van der Waals surface area (Å²) in [6.07, 6.45) is 82.7. The Morgan fingerprint density at radius 1 is 0.171 bits per heavy atom. The van der Waals surface area contributed by atoms with Gasteiger partial charge in [-0.2, -0.15) is 0 Å². The SMILES string of the molecule is CCCCCCCCCCCCCCCCCCCCCCC(=O)O.CCCCCCCCCCCCCCCCCCCCCCC(=O)O.CCCCCCCCCCCCCCCCCCCCCCC(=O)O.[Al]. The first kappa shape index (κ1) is 81.4. The third-order valence-electron chi connectivity index (χ3n) is 15.7. The molecule has 0 rings (SSSR count). The highest BCUT2D eigenvalue weighted by atomic mass is 27.0. The van der Waals surface area contributed by atoms with Gasteiger partial charge in [-0.15, -0.1) is 0 Å². The predicted molar refractivity (Wildman–Crippen MR) is 337 cm³/mol. The summed E-state index contributed by atoms with van der Waals surface area (Å²) in [5, 5.41) is 25.7. The molecule has 0 aromatic carbocycles. The quantitative estimate of drug-likeness (QED) is 0.0413. The number of carboxylic acid groups (broad SMARTS) is 3. The minimum absolute atomic E-state index is 0. The topological polar surface area (TPSA) is 112 Å². The van der Waals surface area contributed by atoms with Gasteiger partial charge in [0, 0.05) is 36.6 Å². The Hall–Kier alpha value is -1.06. The minimum atomic E-state index is -0.651. The summed E-state index contributed by atoms with van der Waals surface area (Å²) in [5.41, 5.74) is 0. The Labute approximate surface area is 487 Å². The van der Waals surface area contributed by atoms with Crippen molar-refractivity contribution in [3.63, 3.8) is 0 Å². The van der Waals surface area contributed by atoms with E-state index in [4.69, 9.17) is 15.3 Å². The monoisotopic (exact) mass is 1090 g/mol. The molecule has 0 spiro atoms. The van der Waals surface area contributed by atoms with Gasteiger partial charge in [0.25, 0.3) is 0 Å². The average Bonchev–Trinajstić information content (AvgIpc) is 3.39. The standard InChI is InChI=1S/3C23H46O2.Al/c3*1-2-3-4-5-6-7-8-9-10-11-12-13-14-15-16-17-18-19-20-21-22-23(24)25;/h3*2-22H2,1H3,(H,24,25);. The molecule has 0 heterocycles. The van der Waals surface area contributed by atoms with E-state index in [0.717, 1.165) is 38.5 Å². The van der Waals surface area contributed by atoms with E-state index in [1.165, 1.54) is 347 Å². The lowest BCUT2D eigenvalue weighted by atomic mass is 10.0. The Morgan fingerprint density at radius 3 is 0.329 bits per heavy atom. The van der Waals surface area contributed by atoms with Crippen molar-refractivity contribution in [1.82, 2.24) is 0 Å². The van der Waals surface area contributed by atoms with Crippen LogP contribution in [0.5, 0.6) is 0 Å². The zero-order valence-corrected chi connectivity index (χ0v) is 53.3. The molecule has 0 aromatic rings. The smallest absolute Gasteiger partial charge is 0.303 e. The van der Waals surface area contributed by atoms with Gasteiger partial charge in [-0.05, 0) is 19.3 Å². The maximum Gasteiger partial charge on any atom is 0.303 e. The fraction of sp³-hybridized carbons (Fsp3) is 0.957. The summed E-state index contributed by atoms with van der Waals surface area (Å²) in [4.78, 5) is 31.2. The van der Waals surface area contributed by atoms with Crippen molar-refractivity contribution in [2.45, 2.75) is 425 Å². The lowest BCUT2D eigenvalue weighted by Crippen LogP contribution is -1.93. The van der Waals surface area contributed by atoms with Crippen LogP contribution >= 0.6 is 0 Å². The van der Waals surface area contributed by atoms with Gasteiger partial charge in [0.15, 0.2) is 0 Å². The Bertz CT molecular complexity index is 925. The second-order valence-electron chi connectivity index (χ2n) is 23.6. The molecular formula is C69H138AlO6. The molecule has 0 saturated carbocycles. The van der Waals surface area contributed by atoms with Gasteiger partial charge in [0.1, 0.15) is 0 Å². The number of carbonyl (C=O) groups is 3. The molecule has 0 aliphatic rings. The van der Waals surface area contributed by atoms with Crippen molar-refractivity contribution in [2.24, 2.45) is 0 Å². The van der Waals surface area contributed by atoms with Crippen LogP contribution in [0.15, 0.2) is 0 Å². The van der Waals surface area contributed by atoms with E-state index in [1.54, 1.807) is 0 Å². The third kappa shape index (κ3) is 89.5. The van der Waals surface area contributed by atoms with Gasteiger partial charge >= 0.3 is 17.9 Å². The largest absolute Gasteiger partial charge is 0.481 e. The molecule has 0 unspecified atom stereocenters. The van der Waals surface area contributed by atoms with Gasteiger partial charge in [0.05, 0.1) is 0 Å². The van der Waals surface area contributed by atoms with Crippen LogP contribution in [0.3, 0.4) is 0 Å². The van der Waals surface area contributed by atoms with Crippen LogP contribution in [0.4, 0.5) is 0 Å². The predicted octanol–water partition coefficient (Wildman–Crippen LogP) is 24.5.